The van der Waals surface area contributed by atoms with Crippen molar-refractivity contribution in [3.05, 3.63) is 48.1 Å². The largest absolute Gasteiger partial charge is 0.490 e. The first-order valence-electron chi connectivity index (χ1n) is 4.92. The first-order chi connectivity index (χ1) is 8.17. The lowest BCUT2D eigenvalue weighted by atomic mass is 10.1. The van der Waals surface area contributed by atoms with Gasteiger partial charge in [-0.25, -0.2) is 0 Å². The third kappa shape index (κ3) is 3.84. The molecule has 17 heavy (non-hydrogen) atoms. The summed E-state index contributed by atoms with van der Waals surface area (Å²) in [5.74, 6) is -0.106. The second-order valence-corrected chi connectivity index (χ2v) is 3.21. The van der Waals surface area contributed by atoms with Gasteiger partial charge in [-0.15, -0.1) is 0 Å². The van der Waals surface area contributed by atoms with Crippen LogP contribution in [0, 0.1) is 11.3 Å². The summed E-state index contributed by atoms with van der Waals surface area (Å²) in [5, 5.41) is 8.70. The molecule has 1 aromatic rings. The zero-order chi connectivity index (χ0) is 12.7. The second kappa shape index (κ2) is 6.13. The van der Waals surface area contributed by atoms with Gasteiger partial charge in [-0.2, -0.15) is 5.26 Å². The average Bonchev–Trinajstić information content (AvgIpc) is 2.33. The molecule has 4 nitrogen and oxygen atoms in total. The van der Waals surface area contributed by atoms with Crippen molar-refractivity contribution >= 4 is 12.0 Å². The number of nitrogens with two attached hydrogens (primary N) is 1. The summed E-state index contributed by atoms with van der Waals surface area (Å²) in [5.41, 5.74) is 5.63. The van der Waals surface area contributed by atoms with Crippen LogP contribution in [0.4, 0.5) is 0 Å². The van der Waals surface area contributed by atoms with Gasteiger partial charge in [0, 0.05) is 0 Å². The highest BCUT2D eigenvalue weighted by Crippen LogP contribution is 2.15. The van der Waals surface area contributed by atoms with Crippen molar-refractivity contribution in [2.45, 2.75) is 0 Å². The van der Waals surface area contributed by atoms with Crippen molar-refractivity contribution in [3.8, 4) is 11.8 Å². The molecular weight excluding hydrogens is 216 g/mol. The highest BCUT2D eigenvalue weighted by Gasteiger charge is 2.03. The Hall–Kier alpha value is -2.54. The molecule has 0 spiro atoms. The first-order valence-corrected chi connectivity index (χ1v) is 4.92. The van der Waals surface area contributed by atoms with Gasteiger partial charge >= 0.3 is 0 Å². The summed E-state index contributed by atoms with van der Waals surface area (Å²) in [6.45, 7) is 3.94. The maximum Gasteiger partial charge on any atom is 0.259 e. The number of primary amides is 1. The Morgan fingerprint density at radius 3 is 2.94 bits per heavy atom. The molecule has 2 N–H and O–H groups in total. The maximum absolute atomic E-state index is 10.9. The SMILES string of the molecule is C=CCOc1cccc(/C=C(/C#N)C(N)=O)c1. The number of amides is 1. The van der Waals surface area contributed by atoms with Crippen LogP contribution in [-0.4, -0.2) is 12.5 Å². The Labute approximate surface area is 99.6 Å². The second-order valence-electron chi connectivity index (χ2n) is 3.21. The maximum atomic E-state index is 10.9. The van der Waals surface area contributed by atoms with Gasteiger partial charge in [0.1, 0.15) is 24.0 Å². The van der Waals surface area contributed by atoms with Gasteiger partial charge in [-0.3, -0.25) is 4.79 Å². The number of carbonyl (C=O) groups is 1. The number of rotatable bonds is 5. The molecule has 0 radical (unpaired) electrons. The fraction of sp³-hybridized carbons (Fsp3) is 0.0769. The molecule has 0 heterocycles. The Kier molecular flexibility index (Phi) is 4.52. The topological polar surface area (TPSA) is 76.1 Å². The lowest BCUT2D eigenvalue weighted by Crippen LogP contribution is -2.12. The molecular formula is C13H12N2O2. The molecule has 0 aliphatic heterocycles. The molecule has 0 atom stereocenters. The lowest BCUT2D eigenvalue weighted by molar-refractivity contribution is -0.114. The van der Waals surface area contributed by atoms with E-state index in [1.165, 1.54) is 6.08 Å². The molecule has 0 fully saturated rings. The standard InChI is InChI=1S/C13H12N2O2/c1-2-6-17-12-5-3-4-10(8-12)7-11(9-14)13(15)16/h2-5,7-8H,1,6H2,(H2,15,16)/b11-7-. The first kappa shape index (κ1) is 12.5. The molecule has 0 bridgehead atoms. The monoisotopic (exact) mass is 228 g/mol. The van der Waals surface area contributed by atoms with Crippen molar-refractivity contribution < 1.29 is 9.53 Å². The van der Waals surface area contributed by atoms with Crippen molar-refractivity contribution in [3.63, 3.8) is 0 Å². The molecule has 0 unspecified atom stereocenters. The minimum Gasteiger partial charge on any atom is -0.490 e. The van der Waals surface area contributed by atoms with Gasteiger partial charge in [0.2, 0.25) is 0 Å². The van der Waals surface area contributed by atoms with E-state index in [0.717, 1.165) is 0 Å². The quantitative estimate of drug-likeness (QED) is 0.473. The summed E-state index contributed by atoms with van der Waals surface area (Å²) in [6, 6.07) is 8.74. The van der Waals surface area contributed by atoms with Crippen LogP contribution in [-0.2, 0) is 4.79 Å². The molecule has 1 amide bonds. The van der Waals surface area contributed by atoms with Gasteiger partial charge in [0.15, 0.2) is 0 Å². The van der Waals surface area contributed by atoms with E-state index in [4.69, 9.17) is 15.7 Å². The molecule has 0 aromatic heterocycles. The number of ether oxygens (including phenoxy) is 1. The van der Waals surface area contributed by atoms with E-state index in [2.05, 4.69) is 6.58 Å². The normalized spacial score (nSPS) is 10.4. The van der Waals surface area contributed by atoms with E-state index in [-0.39, 0.29) is 5.57 Å². The lowest BCUT2D eigenvalue weighted by Gasteiger charge is -2.03. The Balaban J connectivity index is 2.96. The molecule has 0 aliphatic carbocycles. The number of nitriles is 1. The fourth-order valence-corrected chi connectivity index (χ4v) is 1.17. The van der Waals surface area contributed by atoms with Crippen LogP contribution in [0.1, 0.15) is 5.56 Å². The van der Waals surface area contributed by atoms with Crippen molar-refractivity contribution in [2.75, 3.05) is 6.61 Å². The van der Waals surface area contributed by atoms with Gasteiger partial charge in [-0.1, -0.05) is 24.8 Å². The number of nitrogens with zero attached hydrogens (tertiary/aromatic N) is 1. The highest BCUT2D eigenvalue weighted by atomic mass is 16.5. The number of hydrogen-bond acceptors (Lipinski definition) is 3. The fourth-order valence-electron chi connectivity index (χ4n) is 1.17. The smallest absolute Gasteiger partial charge is 0.259 e. The van der Waals surface area contributed by atoms with Crippen LogP contribution >= 0.6 is 0 Å². The van der Waals surface area contributed by atoms with E-state index in [1.807, 2.05) is 0 Å². The number of benzene rings is 1. The summed E-state index contributed by atoms with van der Waals surface area (Å²) in [7, 11) is 0. The van der Waals surface area contributed by atoms with E-state index in [9.17, 15) is 4.79 Å². The molecule has 1 aromatic carbocycles. The Morgan fingerprint density at radius 1 is 1.59 bits per heavy atom. The highest BCUT2D eigenvalue weighted by molar-refractivity contribution is 6.00. The molecule has 4 heteroatoms. The summed E-state index contributed by atoms with van der Waals surface area (Å²) >= 11 is 0. The zero-order valence-corrected chi connectivity index (χ0v) is 9.22. The minimum atomic E-state index is -0.745. The minimum absolute atomic E-state index is 0.0918. The predicted octanol–water partition coefficient (Wildman–Crippen LogP) is 1.64. The van der Waals surface area contributed by atoms with E-state index < -0.39 is 5.91 Å². The van der Waals surface area contributed by atoms with E-state index >= 15 is 0 Å². The Morgan fingerprint density at radius 2 is 2.35 bits per heavy atom. The van der Waals surface area contributed by atoms with Gasteiger partial charge < -0.3 is 10.5 Å². The summed E-state index contributed by atoms with van der Waals surface area (Å²) in [6.07, 6.45) is 3.05. The van der Waals surface area contributed by atoms with Crippen LogP contribution in [0.3, 0.4) is 0 Å². The Bertz CT molecular complexity index is 498. The predicted molar refractivity (Wildman–Crippen MR) is 64.9 cm³/mol. The van der Waals surface area contributed by atoms with E-state index in [0.29, 0.717) is 17.9 Å². The van der Waals surface area contributed by atoms with Crippen LogP contribution < -0.4 is 10.5 Å². The number of hydrogen-bond donors (Lipinski definition) is 1. The molecule has 0 saturated carbocycles. The molecule has 86 valence electrons. The van der Waals surface area contributed by atoms with Gasteiger partial charge in [0.25, 0.3) is 5.91 Å². The van der Waals surface area contributed by atoms with Crippen molar-refractivity contribution in [1.82, 2.24) is 0 Å². The zero-order valence-electron chi connectivity index (χ0n) is 9.22. The average molecular weight is 228 g/mol. The third-order valence-electron chi connectivity index (χ3n) is 1.92. The van der Waals surface area contributed by atoms with Crippen molar-refractivity contribution in [2.24, 2.45) is 5.73 Å². The molecule has 0 aliphatic rings. The van der Waals surface area contributed by atoms with Crippen LogP contribution in [0.5, 0.6) is 5.75 Å². The van der Waals surface area contributed by atoms with Crippen LogP contribution in [0.2, 0.25) is 0 Å². The third-order valence-corrected chi connectivity index (χ3v) is 1.92. The van der Waals surface area contributed by atoms with Crippen molar-refractivity contribution in [1.29, 1.82) is 5.26 Å². The number of carbonyl (C=O) groups excluding carboxylic acids is 1. The van der Waals surface area contributed by atoms with Gasteiger partial charge in [-0.05, 0) is 23.8 Å². The van der Waals surface area contributed by atoms with Gasteiger partial charge in [0.05, 0.1) is 0 Å². The van der Waals surface area contributed by atoms with Crippen LogP contribution in [0.15, 0.2) is 42.5 Å². The van der Waals surface area contributed by atoms with E-state index in [1.54, 1.807) is 36.4 Å². The molecule has 1 rings (SSSR count). The molecule has 0 saturated heterocycles. The summed E-state index contributed by atoms with van der Waals surface area (Å²) in [4.78, 5) is 10.9. The summed E-state index contributed by atoms with van der Waals surface area (Å²) < 4.78 is 5.33. The van der Waals surface area contributed by atoms with Crippen LogP contribution in [0.25, 0.3) is 6.08 Å².